The fourth-order valence-electron chi connectivity index (χ4n) is 2.38. The number of aryl methyl sites for hydroxylation is 1. The van der Waals surface area contributed by atoms with Gasteiger partial charge in [-0.1, -0.05) is 6.92 Å². The lowest BCUT2D eigenvalue weighted by Crippen LogP contribution is -2.41. The monoisotopic (exact) mass is 302 g/mol. The molecule has 0 saturated heterocycles. The highest BCUT2D eigenvalue weighted by molar-refractivity contribution is 7.90. The van der Waals surface area contributed by atoms with E-state index < -0.39 is 15.3 Å². The zero-order chi connectivity index (χ0) is 13.9. The van der Waals surface area contributed by atoms with Gasteiger partial charge in [-0.15, -0.1) is 11.3 Å². The van der Waals surface area contributed by atoms with Crippen LogP contribution in [-0.4, -0.2) is 26.8 Å². The predicted molar refractivity (Wildman–Crippen MR) is 80.1 cm³/mol. The van der Waals surface area contributed by atoms with Crippen LogP contribution in [0.1, 0.15) is 43.2 Å². The number of thiophene rings is 1. The summed E-state index contributed by atoms with van der Waals surface area (Å²) in [6.07, 6.45) is 3.04. The number of nitrogens with one attached hydrogen (secondary N) is 2. The fraction of sp³-hybridized carbons (Fsp3) is 0.692. The second kappa shape index (κ2) is 6.35. The van der Waals surface area contributed by atoms with E-state index in [9.17, 15) is 8.42 Å². The number of fused-ring (bicyclic) bond motifs is 1. The minimum atomic E-state index is -3.26. The summed E-state index contributed by atoms with van der Waals surface area (Å²) in [4.78, 5) is 1.33. The van der Waals surface area contributed by atoms with Crippen LogP contribution in [0.25, 0.3) is 0 Å². The van der Waals surface area contributed by atoms with Gasteiger partial charge in [0.05, 0.1) is 5.25 Å². The first-order chi connectivity index (χ1) is 9.04. The molecule has 0 aromatic carbocycles. The summed E-state index contributed by atoms with van der Waals surface area (Å²) in [5, 5.41) is 4.74. The van der Waals surface area contributed by atoms with Crippen LogP contribution in [0.3, 0.4) is 0 Å². The Morgan fingerprint density at radius 2 is 2.32 bits per heavy atom. The van der Waals surface area contributed by atoms with Crippen molar-refractivity contribution in [1.82, 2.24) is 10.0 Å². The Morgan fingerprint density at radius 1 is 1.53 bits per heavy atom. The lowest BCUT2D eigenvalue weighted by molar-refractivity contribution is 0.502. The molecule has 0 spiro atoms. The molecule has 19 heavy (non-hydrogen) atoms. The molecule has 108 valence electrons. The Balaban J connectivity index is 2.05. The molecule has 2 atom stereocenters. The van der Waals surface area contributed by atoms with E-state index in [2.05, 4.69) is 21.5 Å². The SMILES string of the molecule is CCNCC(C)S(=O)(=O)NC1CCCc2sccc21. The van der Waals surface area contributed by atoms with Gasteiger partial charge in [-0.2, -0.15) is 0 Å². The van der Waals surface area contributed by atoms with Crippen molar-refractivity contribution in [3.8, 4) is 0 Å². The first-order valence-corrected chi connectivity index (χ1v) is 9.25. The lowest BCUT2D eigenvalue weighted by Gasteiger charge is -2.25. The molecule has 0 fully saturated rings. The van der Waals surface area contributed by atoms with Gasteiger partial charge in [-0.25, -0.2) is 13.1 Å². The van der Waals surface area contributed by atoms with Crippen LogP contribution in [-0.2, 0) is 16.4 Å². The van der Waals surface area contributed by atoms with Gasteiger partial charge in [0.1, 0.15) is 0 Å². The Labute approximate surface area is 119 Å². The summed E-state index contributed by atoms with van der Waals surface area (Å²) < 4.78 is 27.5. The van der Waals surface area contributed by atoms with Crippen LogP contribution < -0.4 is 10.0 Å². The Hall–Kier alpha value is -0.430. The van der Waals surface area contributed by atoms with Crippen LogP contribution in [0.15, 0.2) is 11.4 Å². The van der Waals surface area contributed by atoms with Crippen molar-refractivity contribution in [2.45, 2.75) is 44.4 Å². The van der Waals surface area contributed by atoms with Gasteiger partial charge < -0.3 is 5.32 Å². The number of hydrogen-bond acceptors (Lipinski definition) is 4. The zero-order valence-electron chi connectivity index (χ0n) is 11.5. The maximum atomic E-state index is 12.3. The van der Waals surface area contributed by atoms with Crippen molar-refractivity contribution >= 4 is 21.4 Å². The van der Waals surface area contributed by atoms with Gasteiger partial charge in [0.2, 0.25) is 10.0 Å². The largest absolute Gasteiger partial charge is 0.316 e. The molecule has 2 rings (SSSR count). The van der Waals surface area contributed by atoms with Gasteiger partial charge in [0.25, 0.3) is 0 Å². The molecule has 1 aromatic heterocycles. The van der Waals surface area contributed by atoms with E-state index in [0.29, 0.717) is 6.54 Å². The van der Waals surface area contributed by atoms with Crippen LogP contribution in [0, 0.1) is 0 Å². The Kier molecular flexibility index (Phi) is 5.00. The molecule has 1 aliphatic carbocycles. The van der Waals surface area contributed by atoms with Crippen molar-refractivity contribution in [1.29, 1.82) is 0 Å². The van der Waals surface area contributed by atoms with Gasteiger partial charge in [-0.05, 0) is 49.7 Å². The number of rotatable bonds is 6. The van der Waals surface area contributed by atoms with Crippen LogP contribution in [0.2, 0.25) is 0 Å². The van der Waals surface area contributed by atoms with Crippen LogP contribution in [0.4, 0.5) is 0 Å². The molecule has 0 saturated carbocycles. The topological polar surface area (TPSA) is 58.2 Å². The van der Waals surface area contributed by atoms with Crippen molar-refractivity contribution < 1.29 is 8.42 Å². The maximum absolute atomic E-state index is 12.3. The predicted octanol–water partition coefficient (Wildman–Crippen LogP) is 2.04. The maximum Gasteiger partial charge on any atom is 0.216 e. The molecular weight excluding hydrogens is 280 g/mol. The summed E-state index contributed by atoms with van der Waals surface area (Å²) in [5.41, 5.74) is 1.18. The second-order valence-electron chi connectivity index (χ2n) is 5.03. The fourth-order valence-corrected chi connectivity index (χ4v) is 4.58. The smallest absolute Gasteiger partial charge is 0.216 e. The van der Waals surface area contributed by atoms with E-state index in [0.717, 1.165) is 25.8 Å². The van der Waals surface area contributed by atoms with Crippen molar-refractivity contribution in [3.63, 3.8) is 0 Å². The molecule has 2 unspecified atom stereocenters. The van der Waals surface area contributed by atoms with Gasteiger partial charge >= 0.3 is 0 Å². The van der Waals surface area contributed by atoms with E-state index in [1.165, 1.54) is 10.4 Å². The van der Waals surface area contributed by atoms with Crippen LogP contribution >= 0.6 is 11.3 Å². The van der Waals surface area contributed by atoms with E-state index in [1.807, 2.05) is 6.92 Å². The Morgan fingerprint density at radius 3 is 3.05 bits per heavy atom. The first-order valence-electron chi connectivity index (χ1n) is 6.82. The third-order valence-corrected chi connectivity index (χ3v) is 6.41. The molecule has 4 nitrogen and oxygen atoms in total. The normalized spacial score (nSPS) is 21.1. The van der Waals surface area contributed by atoms with Gasteiger partial charge in [0.15, 0.2) is 0 Å². The molecule has 0 radical (unpaired) electrons. The van der Waals surface area contributed by atoms with Crippen LogP contribution in [0.5, 0.6) is 0 Å². The highest BCUT2D eigenvalue weighted by Crippen LogP contribution is 2.33. The molecule has 2 N–H and O–H groups in total. The molecule has 6 heteroatoms. The minimum Gasteiger partial charge on any atom is -0.316 e. The summed E-state index contributed by atoms with van der Waals surface area (Å²) in [6, 6.07) is 2.02. The zero-order valence-corrected chi connectivity index (χ0v) is 13.1. The minimum absolute atomic E-state index is 0.0379. The van der Waals surface area contributed by atoms with E-state index in [4.69, 9.17) is 0 Å². The van der Waals surface area contributed by atoms with Crippen molar-refractivity contribution in [2.24, 2.45) is 0 Å². The quantitative estimate of drug-likeness (QED) is 0.845. The summed E-state index contributed by atoms with van der Waals surface area (Å²) in [5.74, 6) is 0. The number of hydrogen-bond donors (Lipinski definition) is 2. The Bertz CT molecular complexity index is 510. The third-order valence-electron chi connectivity index (χ3n) is 3.57. The second-order valence-corrected chi connectivity index (χ2v) is 8.16. The molecule has 0 bridgehead atoms. The highest BCUT2D eigenvalue weighted by Gasteiger charge is 2.28. The lowest BCUT2D eigenvalue weighted by atomic mass is 9.95. The molecule has 1 aliphatic rings. The first kappa shape index (κ1) is 15.0. The molecule has 0 amide bonds. The average Bonchev–Trinajstić information content (AvgIpc) is 2.84. The third kappa shape index (κ3) is 3.56. The standard InChI is InChI=1S/C13H22N2O2S2/c1-3-14-9-10(2)19(16,17)15-12-5-4-6-13-11(12)7-8-18-13/h7-8,10,12,14-15H,3-6,9H2,1-2H3. The molecule has 1 heterocycles. The van der Waals surface area contributed by atoms with E-state index in [-0.39, 0.29) is 6.04 Å². The van der Waals surface area contributed by atoms with Gasteiger partial charge in [-0.3, -0.25) is 0 Å². The molecular formula is C13H22N2O2S2. The molecule has 0 aliphatic heterocycles. The van der Waals surface area contributed by atoms with Crippen molar-refractivity contribution in [2.75, 3.05) is 13.1 Å². The molecule has 1 aromatic rings. The number of sulfonamides is 1. The summed E-state index contributed by atoms with van der Waals surface area (Å²) in [7, 11) is -3.26. The summed E-state index contributed by atoms with van der Waals surface area (Å²) in [6.45, 7) is 5.01. The van der Waals surface area contributed by atoms with Gasteiger partial charge in [0, 0.05) is 17.5 Å². The highest BCUT2D eigenvalue weighted by atomic mass is 32.2. The average molecular weight is 302 g/mol. The van der Waals surface area contributed by atoms with Crippen molar-refractivity contribution in [3.05, 3.63) is 21.9 Å². The summed E-state index contributed by atoms with van der Waals surface area (Å²) >= 11 is 1.73. The van der Waals surface area contributed by atoms with E-state index >= 15 is 0 Å². The van der Waals surface area contributed by atoms with E-state index in [1.54, 1.807) is 18.3 Å².